The van der Waals surface area contributed by atoms with E-state index in [4.69, 9.17) is 4.74 Å². The minimum atomic E-state index is -0.105. The second-order valence-electron chi connectivity index (χ2n) is 6.33. The third-order valence-corrected chi connectivity index (χ3v) is 3.81. The van der Waals surface area contributed by atoms with E-state index < -0.39 is 0 Å². The summed E-state index contributed by atoms with van der Waals surface area (Å²) < 4.78 is 6.01. The van der Waals surface area contributed by atoms with Crippen molar-refractivity contribution in [2.45, 2.75) is 20.8 Å². The molecule has 110 valence electrons. The van der Waals surface area contributed by atoms with E-state index in [0.717, 1.165) is 28.1 Å². The van der Waals surface area contributed by atoms with E-state index in [2.05, 4.69) is 31.0 Å². The largest absolute Gasteiger partial charge is 0.492 e. The van der Waals surface area contributed by atoms with Crippen LogP contribution >= 0.6 is 0 Å². The van der Waals surface area contributed by atoms with E-state index in [0.29, 0.717) is 12.2 Å². The Kier molecular flexibility index (Phi) is 3.46. The van der Waals surface area contributed by atoms with Crippen molar-refractivity contribution >= 4 is 5.57 Å². The highest BCUT2D eigenvalue weighted by Crippen LogP contribution is 2.39. The van der Waals surface area contributed by atoms with Gasteiger partial charge in [0.2, 0.25) is 0 Å². The van der Waals surface area contributed by atoms with Gasteiger partial charge in [-0.3, -0.25) is 4.98 Å². The SMILES string of the molecule is Cc1cc2c(cc1C#N)C(c1ccccn1)=CC(C)(C)CO2. The first-order valence-corrected chi connectivity index (χ1v) is 7.32. The molecule has 0 radical (unpaired) electrons. The Balaban J connectivity index is 2.27. The molecule has 3 rings (SSSR count). The van der Waals surface area contributed by atoms with E-state index in [1.54, 1.807) is 6.20 Å². The molecule has 1 aromatic heterocycles. The summed E-state index contributed by atoms with van der Waals surface area (Å²) in [5.74, 6) is 0.818. The summed E-state index contributed by atoms with van der Waals surface area (Å²) in [5, 5.41) is 9.32. The Labute approximate surface area is 130 Å². The maximum Gasteiger partial charge on any atom is 0.127 e. The van der Waals surface area contributed by atoms with Crippen LogP contribution in [0.3, 0.4) is 0 Å². The molecule has 0 saturated heterocycles. The van der Waals surface area contributed by atoms with Crippen LogP contribution in [0.25, 0.3) is 5.57 Å². The number of nitriles is 1. The van der Waals surface area contributed by atoms with Gasteiger partial charge in [-0.05, 0) is 36.8 Å². The third kappa shape index (κ3) is 2.60. The number of pyridine rings is 1. The molecule has 0 aliphatic carbocycles. The van der Waals surface area contributed by atoms with Crippen LogP contribution in [0.4, 0.5) is 0 Å². The molecule has 0 fully saturated rings. The average Bonchev–Trinajstić information content (AvgIpc) is 2.64. The number of aromatic nitrogens is 1. The monoisotopic (exact) mass is 290 g/mol. The fourth-order valence-electron chi connectivity index (χ4n) is 2.64. The van der Waals surface area contributed by atoms with Crippen molar-refractivity contribution in [2.24, 2.45) is 5.41 Å². The van der Waals surface area contributed by atoms with Crippen LogP contribution in [-0.2, 0) is 0 Å². The number of fused-ring (bicyclic) bond motifs is 1. The quantitative estimate of drug-likeness (QED) is 0.794. The number of hydrogen-bond donors (Lipinski definition) is 0. The second-order valence-corrected chi connectivity index (χ2v) is 6.33. The van der Waals surface area contributed by atoms with Crippen LogP contribution < -0.4 is 4.74 Å². The summed E-state index contributed by atoms with van der Waals surface area (Å²) >= 11 is 0. The predicted molar refractivity (Wildman–Crippen MR) is 86.5 cm³/mol. The number of rotatable bonds is 1. The molecule has 3 heteroatoms. The molecule has 2 heterocycles. The highest BCUT2D eigenvalue weighted by Gasteiger charge is 2.25. The molecule has 1 aromatic carbocycles. The Hall–Kier alpha value is -2.60. The molecule has 0 amide bonds. The van der Waals surface area contributed by atoms with Gasteiger partial charge in [-0.2, -0.15) is 5.26 Å². The fourth-order valence-corrected chi connectivity index (χ4v) is 2.64. The highest BCUT2D eigenvalue weighted by atomic mass is 16.5. The molecule has 0 saturated carbocycles. The summed E-state index contributed by atoms with van der Waals surface area (Å²) in [6.45, 7) is 6.81. The summed E-state index contributed by atoms with van der Waals surface area (Å²) in [7, 11) is 0. The molecule has 0 atom stereocenters. The third-order valence-electron chi connectivity index (χ3n) is 3.81. The molecular formula is C19H18N2O. The van der Waals surface area contributed by atoms with Crippen LogP contribution in [0.1, 0.15) is 36.2 Å². The first kappa shape index (κ1) is 14.3. The van der Waals surface area contributed by atoms with Gasteiger partial charge in [-0.25, -0.2) is 0 Å². The van der Waals surface area contributed by atoms with Crippen molar-refractivity contribution < 1.29 is 4.74 Å². The van der Waals surface area contributed by atoms with Gasteiger partial charge in [0, 0.05) is 22.7 Å². The summed E-state index contributed by atoms with van der Waals surface area (Å²) in [4.78, 5) is 4.48. The van der Waals surface area contributed by atoms with Crippen LogP contribution in [-0.4, -0.2) is 11.6 Å². The lowest BCUT2D eigenvalue weighted by atomic mass is 9.88. The Morgan fingerprint density at radius 1 is 1.27 bits per heavy atom. The molecule has 0 spiro atoms. The molecule has 1 aliphatic heterocycles. The van der Waals surface area contributed by atoms with Crippen LogP contribution in [0.2, 0.25) is 0 Å². The van der Waals surface area contributed by atoms with Crippen LogP contribution in [0, 0.1) is 23.7 Å². The molecule has 2 aromatic rings. The maximum atomic E-state index is 9.32. The van der Waals surface area contributed by atoms with Gasteiger partial charge in [0.1, 0.15) is 5.75 Å². The van der Waals surface area contributed by atoms with Gasteiger partial charge in [-0.1, -0.05) is 26.0 Å². The molecule has 3 nitrogen and oxygen atoms in total. The lowest BCUT2D eigenvalue weighted by Gasteiger charge is -2.18. The van der Waals surface area contributed by atoms with E-state index in [9.17, 15) is 5.26 Å². The first-order chi connectivity index (χ1) is 10.5. The predicted octanol–water partition coefficient (Wildman–Crippen LogP) is 4.11. The van der Waals surface area contributed by atoms with Gasteiger partial charge in [-0.15, -0.1) is 0 Å². The maximum absolute atomic E-state index is 9.32. The van der Waals surface area contributed by atoms with Crippen molar-refractivity contribution in [3.05, 3.63) is 65.0 Å². The average molecular weight is 290 g/mol. The van der Waals surface area contributed by atoms with Crippen molar-refractivity contribution in [1.29, 1.82) is 5.26 Å². The molecule has 0 bridgehead atoms. The highest BCUT2D eigenvalue weighted by molar-refractivity contribution is 5.83. The molecule has 22 heavy (non-hydrogen) atoms. The number of benzene rings is 1. The number of hydrogen-bond acceptors (Lipinski definition) is 3. The Morgan fingerprint density at radius 2 is 2.09 bits per heavy atom. The lowest BCUT2D eigenvalue weighted by Crippen LogP contribution is -2.17. The van der Waals surface area contributed by atoms with E-state index in [-0.39, 0.29) is 5.41 Å². The lowest BCUT2D eigenvalue weighted by molar-refractivity contribution is 0.225. The normalized spacial score (nSPS) is 15.8. The van der Waals surface area contributed by atoms with Gasteiger partial charge >= 0.3 is 0 Å². The first-order valence-electron chi connectivity index (χ1n) is 7.32. The second kappa shape index (κ2) is 5.31. The zero-order valence-electron chi connectivity index (χ0n) is 13.1. The standard InChI is InChI=1S/C19H18N2O/c1-13-8-18-15(9-14(13)11-20)16(10-19(2,3)12-22-18)17-6-4-5-7-21-17/h4-10H,12H2,1-3H3. The number of aryl methyl sites for hydroxylation is 1. The van der Waals surface area contributed by atoms with Crippen LogP contribution in [0.5, 0.6) is 5.75 Å². The molecule has 1 aliphatic rings. The fraction of sp³-hybridized carbons (Fsp3) is 0.263. The van der Waals surface area contributed by atoms with Gasteiger partial charge in [0.25, 0.3) is 0 Å². The van der Waals surface area contributed by atoms with E-state index in [1.807, 2.05) is 37.3 Å². The summed E-state index contributed by atoms with van der Waals surface area (Å²) in [6.07, 6.45) is 3.98. The summed E-state index contributed by atoms with van der Waals surface area (Å²) in [5.41, 5.74) is 4.35. The minimum Gasteiger partial charge on any atom is -0.492 e. The zero-order valence-corrected chi connectivity index (χ0v) is 13.1. The molecule has 0 N–H and O–H groups in total. The number of nitrogens with zero attached hydrogens (tertiary/aromatic N) is 2. The Morgan fingerprint density at radius 3 is 2.77 bits per heavy atom. The van der Waals surface area contributed by atoms with Crippen molar-refractivity contribution in [3.63, 3.8) is 0 Å². The van der Waals surface area contributed by atoms with Gasteiger partial charge in [0.15, 0.2) is 0 Å². The zero-order chi connectivity index (χ0) is 15.7. The Bertz CT molecular complexity index is 783. The van der Waals surface area contributed by atoms with Crippen LogP contribution in [0.15, 0.2) is 42.6 Å². The van der Waals surface area contributed by atoms with Crippen molar-refractivity contribution in [1.82, 2.24) is 4.98 Å². The van der Waals surface area contributed by atoms with Crippen molar-refractivity contribution in [2.75, 3.05) is 6.61 Å². The molecular weight excluding hydrogens is 272 g/mol. The van der Waals surface area contributed by atoms with Crippen molar-refractivity contribution in [3.8, 4) is 11.8 Å². The van der Waals surface area contributed by atoms with Gasteiger partial charge in [0.05, 0.1) is 23.9 Å². The summed E-state index contributed by atoms with van der Waals surface area (Å²) in [6, 6.07) is 12.0. The molecule has 0 unspecified atom stereocenters. The van der Waals surface area contributed by atoms with Gasteiger partial charge < -0.3 is 4.74 Å². The minimum absolute atomic E-state index is 0.105. The van der Waals surface area contributed by atoms with E-state index >= 15 is 0 Å². The topological polar surface area (TPSA) is 45.9 Å². The smallest absolute Gasteiger partial charge is 0.127 e. The van der Waals surface area contributed by atoms with E-state index in [1.165, 1.54) is 0 Å². The number of ether oxygens (including phenoxy) is 1.